The molecule has 1 heterocycles. The maximum Gasteiger partial charge on any atom is 0.257 e. The maximum atomic E-state index is 12.8. The molecular weight excluding hydrogens is 432 g/mol. The molecule has 2 aromatic carbocycles. The predicted octanol–water partition coefficient (Wildman–Crippen LogP) is 4.12. The molecule has 6 nitrogen and oxygen atoms in total. The average Bonchev–Trinajstić information content (AvgIpc) is 2.68. The van der Waals surface area contributed by atoms with Crippen LogP contribution in [0.15, 0.2) is 53.0 Å². The third-order valence-electron chi connectivity index (χ3n) is 4.42. The van der Waals surface area contributed by atoms with E-state index < -0.39 is 0 Å². The largest absolute Gasteiger partial charge is 0.493 e. The second-order valence-electron chi connectivity index (χ2n) is 6.81. The SMILES string of the molecule is Cc1nc(N)nc(-c2cc(Br)ccc2OCCc2ccccc2)c1C(=O)N(C)C. The van der Waals surface area contributed by atoms with Crippen LogP contribution in [0.4, 0.5) is 5.95 Å². The molecule has 29 heavy (non-hydrogen) atoms. The Morgan fingerprint density at radius 1 is 1.14 bits per heavy atom. The van der Waals surface area contributed by atoms with Gasteiger partial charge < -0.3 is 15.4 Å². The van der Waals surface area contributed by atoms with Gasteiger partial charge in [0.2, 0.25) is 5.95 Å². The van der Waals surface area contributed by atoms with Crippen LogP contribution in [0.25, 0.3) is 11.3 Å². The number of carbonyl (C=O) groups is 1. The number of carbonyl (C=O) groups excluding carboxylic acids is 1. The number of halogens is 1. The van der Waals surface area contributed by atoms with E-state index in [0.717, 1.165) is 10.9 Å². The Kier molecular flexibility index (Phi) is 6.49. The second kappa shape index (κ2) is 9.05. The first-order chi connectivity index (χ1) is 13.9. The molecule has 0 aliphatic carbocycles. The number of hydrogen-bond acceptors (Lipinski definition) is 5. The lowest BCUT2D eigenvalue weighted by Crippen LogP contribution is -2.24. The van der Waals surface area contributed by atoms with Crippen LogP contribution in [0.2, 0.25) is 0 Å². The normalized spacial score (nSPS) is 10.6. The lowest BCUT2D eigenvalue weighted by atomic mass is 10.0. The molecular formula is C22H23BrN4O2. The van der Waals surface area contributed by atoms with E-state index >= 15 is 0 Å². The zero-order valence-corrected chi connectivity index (χ0v) is 18.2. The minimum atomic E-state index is -0.187. The fraction of sp³-hybridized carbons (Fsp3) is 0.227. The summed E-state index contributed by atoms with van der Waals surface area (Å²) in [6.07, 6.45) is 0.769. The van der Waals surface area contributed by atoms with E-state index in [1.165, 1.54) is 10.5 Å². The zero-order chi connectivity index (χ0) is 21.0. The molecule has 0 aliphatic rings. The molecule has 3 aromatic rings. The second-order valence-corrected chi connectivity index (χ2v) is 7.73. The van der Waals surface area contributed by atoms with Gasteiger partial charge in [-0.3, -0.25) is 4.79 Å². The van der Waals surface area contributed by atoms with Crippen molar-refractivity contribution < 1.29 is 9.53 Å². The molecule has 0 unspecified atom stereocenters. The van der Waals surface area contributed by atoms with Crippen molar-refractivity contribution >= 4 is 27.8 Å². The van der Waals surface area contributed by atoms with E-state index in [4.69, 9.17) is 10.5 Å². The number of nitrogens with zero attached hydrogens (tertiary/aromatic N) is 3. The van der Waals surface area contributed by atoms with Crippen molar-refractivity contribution in [1.29, 1.82) is 0 Å². The first-order valence-corrected chi connectivity index (χ1v) is 9.98. The van der Waals surface area contributed by atoms with Crippen molar-refractivity contribution in [3.63, 3.8) is 0 Å². The lowest BCUT2D eigenvalue weighted by Gasteiger charge is -2.18. The van der Waals surface area contributed by atoms with Crippen molar-refractivity contribution in [1.82, 2.24) is 14.9 Å². The summed E-state index contributed by atoms with van der Waals surface area (Å²) in [6.45, 7) is 2.25. The van der Waals surface area contributed by atoms with Crippen LogP contribution >= 0.6 is 15.9 Å². The lowest BCUT2D eigenvalue weighted by molar-refractivity contribution is 0.0827. The molecule has 0 saturated carbocycles. The number of benzene rings is 2. The first kappa shape index (κ1) is 20.8. The number of hydrogen-bond donors (Lipinski definition) is 1. The van der Waals surface area contributed by atoms with Crippen LogP contribution in [0.3, 0.4) is 0 Å². The Bertz CT molecular complexity index is 1020. The topological polar surface area (TPSA) is 81.3 Å². The predicted molar refractivity (Wildman–Crippen MR) is 118 cm³/mol. The molecule has 3 rings (SSSR count). The van der Waals surface area contributed by atoms with E-state index in [9.17, 15) is 4.79 Å². The van der Waals surface area contributed by atoms with E-state index in [1.807, 2.05) is 36.4 Å². The van der Waals surface area contributed by atoms with Gasteiger partial charge in [0.05, 0.1) is 23.6 Å². The van der Waals surface area contributed by atoms with E-state index in [0.29, 0.717) is 34.9 Å². The molecule has 1 amide bonds. The molecule has 0 atom stereocenters. The van der Waals surface area contributed by atoms with Gasteiger partial charge in [0.15, 0.2) is 0 Å². The van der Waals surface area contributed by atoms with Crippen LogP contribution in [-0.4, -0.2) is 41.5 Å². The van der Waals surface area contributed by atoms with Crippen molar-refractivity contribution in [2.45, 2.75) is 13.3 Å². The molecule has 1 aromatic heterocycles. The monoisotopic (exact) mass is 454 g/mol. The molecule has 150 valence electrons. The quantitative estimate of drug-likeness (QED) is 0.605. The number of nitrogens with two attached hydrogens (primary N) is 1. The van der Waals surface area contributed by atoms with Gasteiger partial charge in [-0.1, -0.05) is 46.3 Å². The Balaban J connectivity index is 2.00. The average molecular weight is 455 g/mol. The highest BCUT2D eigenvalue weighted by atomic mass is 79.9. The van der Waals surface area contributed by atoms with Crippen molar-refractivity contribution in [2.75, 3.05) is 26.4 Å². The molecule has 0 fully saturated rings. The molecule has 0 aliphatic heterocycles. The number of anilines is 1. The van der Waals surface area contributed by atoms with Crippen LogP contribution in [-0.2, 0) is 6.42 Å². The number of amides is 1. The Hall–Kier alpha value is -2.93. The number of aryl methyl sites for hydroxylation is 1. The summed E-state index contributed by atoms with van der Waals surface area (Å²) < 4.78 is 6.93. The summed E-state index contributed by atoms with van der Waals surface area (Å²) >= 11 is 3.50. The zero-order valence-electron chi connectivity index (χ0n) is 16.6. The molecule has 0 radical (unpaired) electrons. The maximum absolute atomic E-state index is 12.8. The minimum Gasteiger partial charge on any atom is -0.493 e. The Labute approximate surface area is 178 Å². The number of rotatable bonds is 6. The van der Waals surface area contributed by atoms with E-state index in [-0.39, 0.29) is 11.9 Å². The van der Waals surface area contributed by atoms with Crippen LogP contribution in [0, 0.1) is 6.92 Å². The van der Waals surface area contributed by atoms with Gasteiger partial charge in [0, 0.05) is 30.6 Å². The van der Waals surface area contributed by atoms with E-state index in [2.05, 4.69) is 38.0 Å². The summed E-state index contributed by atoms with van der Waals surface area (Å²) in [5.41, 5.74) is 9.19. The molecule has 7 heteroatoms. The van der Waals surface area contributed by atoms with Crippen LogP contribution in [0.5, 0.6) is 5.75 Å². The highest BCUT2D eigenvalue weighted by Crippen LogP contribution is 2.35. The standard InChI is InChI=1S/C22H23BrN4O2/c1-14-19(21(28)27(2)3)20(26-22(24)25-14)17-13-16(23)9-10-18(17)29-12-11-15-7-5-4-6-8-15/h4-10,13H,11-12H2,1-3H3,(H2,24,25,26). The van der Waals surface area contributed by atoms with Gasteiger partial charge in [-0.25, -0.2) is 9.97 Å². The summed E-state index contributed by atoms with van der Waals surface area (Å²) in [5, 5.41) is 0. The highest BCUT2D eigenvalue weighted by molar-refractivity contribution is 9.10. The number of nitrogen functional groups attached to an aromatic ring is 1. The van der Waals surface area contributed by atoms with Gasteiger partial charge in [0.1, 0.15) is 5.75 Å². The van der Waals surface area contributed by atoms with Gasteiger partial charge in [-0.15, -0.1) is 0 Å². The molecule has 2 N–H and O–H groups in total. The van der Waals surface area contributed by atoms with Gasteiger partial charge in [-0.2, -0.15) is 0 Å². The van der Waals surface area contributed by atoms with Gasteiger partial charge in [-0.05, 0) is 30.7 Å². The van der Waals surface area contributed by atoms with Gasteiger partial charge >= 0.3 is 0 Å². The Morgan fingerprint density at radius 3 is 2.55 bits per heavy atom. The van der Waals surface area contributed by atoms with Crippen LogP contribution in [0.1, 0.15) is 21.6 Å². The fourth-order valence-electron chi connectivity index (χ4n) is 3.01. The van der Waals surface area contributed by atoms with Gasteiger partial charge in [0.25, 0.3) is 5.91 Å². The summed E-state index contributed by atoms with van der Waals surface area (Å²) in [5.74, 6) is 0.560. The third-order valence-corrected chi connectivity index (χ3v) is 4.91. The summed E-state index contributed by atoms with van der Waals surface area (Å²) in [4.78, 5) is 22.9. The molecule has 0 spiro atoms. The van der Waals surface area contributed by atoms with Crippen molar-refractivity contribution in [3.05, 3.63) is 69.8 Å². The van der Waals surface area contributed by atoms with Crippen molar-refractivity contribution in [2.24, 2.45) is 0 Å². The minimum absolute atomic E-state index is 0.114. The summed E-state index contributed by atoms with van der Waals surface area (Å²) in [6, 6.07) is 15.8. The number of aromatic nitrogens is 2. The highest BCUT2D eigenvalue weighted by Gasteiger charge is 2.23. The molecule has 0 saturated heterocycles. The van der Waals surface area contributed by atoms with E-state index in [1.54, 1.807) is 21.0 Å². The summed E-state index contributed by atoms with van der Waals surface area (Å²) in [7, 11) is 3.39. The fourth-order valence-corrected chi connectivity index (χ4v) is 3.37. The third kappa shape index (κ3) is 4.92. The first-order valence-electron chi connectivity index (χ1n) is 9.19. The van der Waals surface area contributed by atoms with Crippen LogP contribution < -0.4 is 10.5 Å². The molecule has 0 bridgehead atoms. The van der Waals surface area contributed by atoms with Crippen molar-refractivity contribution in [3.8, 4) is 17.0 Å². The Morgan fingerprint density at radius 2 is 1.86 bits per heavy atom. The smallest absolute Gasteiger partial charge is 0.257 e. The number of ether oxygens (including phenoxy) is 1.